The zero-order valence-corrected chi connectivity index (χ0v) is 23.5. The van der Waals surface area contributed by atoms with Crippen molar-refractivity contribution in [3.8, 4) is 5.75 Å². The number of aromatic nitrogens is 3. The number of hydrogen-bond acceptors (Lipinski definition) is 7. The van der Waals surface area contributed by atoms with Gasteiger partial charge in [0.2, 0.25) is 0 Å². The first kappa shape index (κ1) is 28.0. The maximum Gasteiger partial charge on any atom is 0.259 e. The fraction of sp³-hybridized carbons (Fsp3) is 0.367. The molecule has 42 heavy (non-hydrogen) atoms. The van der Waals surface area contributed by atoms with E-state index in [1.165, 1.54) is 30.0 Å². The molecule has 6 rings (SSSR count). The zero-order chi connectivity index (χ0) is 29.4. The number of benzene rings is 2. The van der Waals surface area contributed by atoms with E-state index in [-0.39, 0.29) is 22.9 Å². The lowest BCUT2D eigenvalue weighted by Crippen LogP contribution is -2.44. The SMILES string of the molecule is COc1cc(CN2CCN(C)CC2)c(F)cc1C(=O)Nc1cnn2ccc(N3CCC[C@@H]3c3cc(F)ccc3F)nc12. The van der Waals surface area contributed by atoms with Crippen LogP contribution in [0.3, 0.4) is 0 Å². The van der Waals surface area contributed by atoms with Gasteiger partial charge in [0.15, 0.2) is 5.65 Å². The zero-order valence-electron chi connectivity index (χ0n) is 23.5. The predicted octanol–water partition coefficient (Wildman–Crippen LogP) is 4.50. The van der Waals surface area contributed by atoms with Crippen LogP contribution in [0.25, 0.3) is 5.65 Å². The number of carbonyl (C=O) groups excluding carboxylic acids is 1. The summed E-state index contributed by atoms with van der Waals surface area (Å²) in [6, 6.07) is 7.61. The first-order chi connectivity index (χ1) is 20.3. The van der Waals surface area contributed by atoms with E-state index < -0.39 is 23.4 Å². The lowest BCUT2D eigenvalue weighted by atomic mass is 10.0. The summed E-state index contributed by atoms with van der Waals surface area (Å²) in [5.41, 5.74) is 1.47. The Morgan fingerprint density at radius 2 is 1.86 bits per heavy atom. The van der Waals surface area contributed by atoms with Crippen molar-refractivity contribution in [2.75, 3.05) is 57.1 Å². The van der Waals surface area contributed by atoms with Gasteiger partial charge in [-0.2, -0.15) is 5.10 Å². The molecule has 12 heteroatoms. The van der Waals surface area contributed by atoms with Crippen LogP contribution in [0.15, 0.2) is 48.8 Å². The van der Waals surface area contributed by atoms with Crippen molar-refractivity contribution >= 4 is 23.1 Å². The molecule has 4 aromatic rings. The summed E-state index contributed by atoms with van der Waals surface area (Å²) in [7, 11) is 3.51. The molecule has 2 aromatic carbocycles. The summed E-state index contributed by atoms with van der Waals surface area (Å²) >= 11 is 0. The number of methoxy groups -OCH3 is 1. The third-order valence-corrected chi connectivity index (χ3v) is 8.07. The second kappa shape index (κ2) is 11.6. The van der Waals surface area contributed by atoms with Crippen LogP contribution >= 0.6 is 0 Å². The van der Waals surface area contributed by atoms with E-state index in [4.69, 9.17) is 9.72 Å². The van der Waals surface area contributed by atoms with Crippen LogP contribution in [0.4, 0.5) is 24.7 Å². The fourth-order valence-corrected chi connectivity index (χ4v) is 5.74. The second-order valence-corrected chi connectivity index (χ2v) is 10.8. The van der Waals surface area contributed by atoms with Gasteiger partial charge in [0, 0.05) is 56.6 Å². The number of fused-ring (bicyclic) bond motifs is 1. The first-order valence-electron chi connectivity index (χ1n) is 14.0. The molecule has 2 aromatic heterocycles. The Morgan fingerprint density at radius 3 is 2.64 bits per heavy atom. The minimum absolute atomic E-state index is 0.0498. The summed E-state index contributed by atoms with van der Waals surface area (Å²) in [5.74, 6) is -1.21. The standard InChI is InChI=1S/C30H32F3N7O2/c1-37-10-12-38(13-11-37)18-19-14-27(42-2)22(16-24(19)33)30(41)35-25-17-34-40-9-7-28(36-29(25)40)39-8-3-4-26(39)21-15-20(31)5-6-23(21)32/h5-7,9,14-17,26H,3-4,8,10-13,18H2,1-2H3,(H,35,41)/t26-/m1/s1. The maximum absolute atomic E-state index is 15.2. The molecule has 0 unspecified atom stereocenters. The monoisotopic (exact) mass is 579 g/mol. The Hall–Kier alpha value is -4.16. The van der Waals surface area contributed by atoms with Crippen molar-refractivity contribution in [1.82, 2.24) is 24.4 Å². The molecule has 2 saturated heterocycles. The number of carbonyl (C=O) groups is 1. The van der Waals surface area contributed by atoms with Gasteiger partial charge in [-0.1, -0.05) is 0 Å². The van der Waals surface area contributed by atoms with Crippen molar-refractivity contribution in [2.24, 2.45) is 0 Å². The summed E-state index contributed by atoms with van der Waals surface area (Å²) in [5, 5.41) is 7.07. The van der Waals surface area contributed by atoms with Gasteiger partial charge in [-0.25, -0.2) is 22.7 Å². The lowest BCUT2D eigenvalue weighted by Gasteiger charge is -2.32. The van der Waals surface area contributed by atoms with Crippen molar-refractivity contribution in [3.05, 3.63) is 82.9 Å². The van der Waals surface area contributed by atoms with Gasteiger partial charge < -0.3 is 19.9 Å². The van der Waals surface area contributed by atoms with Crippen molar-refractivity contribution in [1.29, 1.82) is 0 Å². The predicted molar refractivity (Wildman–Crippen MR) is 152 cm³/mol. The normalized spacial score (nSPS) is 18.1. The van der Waals surface area contributed by atoms with E-state index in [1.807, 2.05) is 4.90 Å². The van der Waals surface area contributed by atoms with Gasteiger partial charge in [-0.15, -0.1) is 0 Å². The number of amides is 1. The molecule has 9 nitrogen and oxygen atoms in total. The van der Waals surface area contributed by atoms with Crippen molar-refractivity contribution < 1.29 is 22.7 Å². The molecule has 220 valence electrons. The summed E-state index contributed by atoms with van der Waals surface area (Å²) in [6.45, 7) is 4.52. The maximum atomic E-state index is 15.2. The minimum Gasteiger partial charge on any atom is -0.496 e. The van der Waals surface area contributed by atoms with Crippen molar-refractivity contribution in [3.63, 3.8) is 0 Å². The Labute approximate surface area is 241 Å². The van der Waals surface area contributed by atoms with Crippen LogP contribution < -0.4 is 15.0 Å². The highest BCUT2D eigenvalue weighted by molar-refractivity contribution is 6.07. The smallest absolute Gasteiger partial charge is 0.259 e. The van der Waals surface area contributed by atoms with Crippen LogP contribution in [0, 0.1) is 17.5 Å². The molecule has 0 spiro atoms. The average Bonchev–Trinajstić information content (AvgIpc) is 3.63. The van der Waals surface area contributed by atoms with Crippen LogP contribution in [0.5, 0.6) is 5.75 Å². The molecule has 0 aliphatic carbocycles. The van der Waals surface area contributed by atoms with Crippen LogP contribution in [-0.4, -0.2) is 77.2 Å². The van der Waals surface area contributed by atoms with E-state index in [9.17, 15) is 13.6 Å². The molecule has 0 bridgehead atoms. The fourth-order valence-electron chi connectivity index (χ4n) is 5.74. The Kier molecular flexibility index (Phi) is 7.74. The molecule has 0 saturated carbocycles. The number of rotatable bonds is 7. The van der Waals surface area contributed by atoms with Crippen LogP contribution in [0.2, 0.25) is 0 Å². The third-order valence-electron chi connectivity index (χ3n) is 8.07. The van der Waals surface area contributed by atoms with E-state index in [1.54, 1.807) is 18.3 Å². The van der Waals surface area contributed by atoms with E-state index in [2.05, 4.69) is 27.3 Å². The molecule has 1 N–H and O–H groups in total. The van der Waals surface area contributed by atoms with Gasteiger partial charge in [-0.3, -0.25) is 9.69 Å². The molecule has 1 amide bonds. The summed E-state index contributed by atoms with van der Waals surface area (Å²) in [6.07, 6.45) is 4.58. The van der Waals surface area contributed by atoms with Gasteiger partial charge in [0.05, 0.1) is 24.9 Å². The number of nitrogens with one attached hydrogen (secondary N) is 1. The molecule has 1 atom stereocenters. The van der Waals surface area contributed by atoms with Crippen molar-refractivity contribution in [2.45, 2.75) is 25.4 Å². The average molecular weight is 580 g/mol. The summed E-state index contributed by atoms with van der Waals surface area (Å²) in [4.78, 5) is 24.4. The topological polar surface area (TPSA) is 78.2 Å². The quantitative estimate of drug-likeness (QED) is 0.346. The summed E-state index contributed by atoms with van der Waals surface area (Å²) < 4.78 is 50.7. The van der Waals surface area contributed by atoms with Gasteiger partial charge >= 0.3 is 0 Å². The number of likely N-dealkylation sites (N-methyl/N-ethyl adjacent to an activating group) is 1. The van der Waals surface area contributed by atoms with E-state index in [0.717, 1.165) is 44.7 Å². The lowest BCUT2D eigenvalue weighted by molar-refractivity contribution is 0.102. The minimum atomic E-state index is -0.570. The Balaban J connectivity index is 1.24. The molecular formula is C30H32F3N7O2. The molecular weight excluding hydrogens is 547 g/mol. The second-order valence-electron chi connectivity index (χ2n) is 10.8. The number of piperazine rings is 1. The molecule has 2 aliphatic rings. The van der Waals surface area contributed by atoms with Gasteiger partial charge in [-0.05, 0) is 56.3 Å². The highest BCUT2D eigenvalue weighted by atomic mass is 19.1. The molecule has 0 radical (unpaired) electrons. The van der Waals surface area contributed by atoms with Gasteiger partial charge in [0.1, 0.15) is 34.7 Å². The van der Waals surface area contributed by atoms with Gasteiger partial charge in [0.25, 0.3) is 5.91 Å². The number of nitrogens with zero attached hydrogens (tertiary/aromatic N) is 6. The molecule has 4 heterocycles. The Morgan fingerprint density at radius 1 is 1.05 bits per heavy atom. The number of ether oxygens (including phenoxy) is 1. The highest BCUT2D eigenvalue weighted by Crippen LogP contribution is 2.37. The Bertz CT molecular complexity index is 1620. The van der Waals surface area contributed by atoms with Crippen LogP contribution in [0.1, 0.15) is 40.4 Å². The number of anilines is 2. The van der Waals surface area contributed by atoms with Crippen LogP contribution in [-0.2, 0) is 6.54 Å². The molecule has 2 aliphatic heterocycles. The number of hydrogen-bond donors (Lipinski definition) is 1. The largest absolute Gasteiger partial charge is 0.496 e. The molecule has 2 fully saturated rings. The highest BCUT2D eigenvalue weighted by Gasteiger charge is 2.30. The van der Waals surface area contributed by atoms with E-state index in [0.29, 0.717) is 42.2 Å². The first-order valence-corrected chi connectivity index (χ1v) is 14.0. The number of halogens is 3. The van der Waals surface area contributed by atoms with E-state index >= 15 is 4.39 Å². The third kappa shape index (κ3) is 5.51.